The summed E-state index contributed by atoms with van der Waals surface area (Å²) in [6.07, 6.45) is 3.49. The molecule has 0 aliphatic heterocycles. The van der Waals surface area contributed by atoms with Gasteiger partial charge in [0.15, 0.2) is 0 Å². The molecule has 7 heteroatoms. The molecular formula is C26H37N4O2Rb. The third-order valence-corrected chi connectivity index (χ3v) is 5.40. The summed E-state index contributed by atoms with van der Waals surface area (Å²) in [5, 5.41) is 5.65. The van der Waals surface area contributed by atoms with Crippen LogP contribution in [0.2, 0.25) is 0 Å². The van der Waals surface area contributed by atoms with Crippen molar-refractivity contribution in [3.8, 4) is 11.1 Å². The quantitative estimate of drug-likeness (QED) is 0.343. The van der Waals surface area contributed by atoms with E-state index < -0.39 is 12.1 Å². The SMILES string of the molecule is CC(C)CCCNC(=O)[C@H](N)CCCNC(=O)[C@H]([NH-])Cc1ccc(-c2ccccc2)cc1.[Rb+]. The van der Waals surface area contributed by atoms with Crippen LogP contribution in [0.4, 0.5) is 0 Å². The fraction of sp³-hybridized carbons (Fsp3) is 0.462. The van der Waals surface area contributed by atoms with Crippen molar-refractivity contribution >= 4 is 11.8 Å². The molecule has 0 unspecified atom stereocenters. The van der Waals surface area contributed by atoms with Crippen LogP contribution in [-0.4, -0.2) is 37.0 Å². The monoisotopic (exact) mass is 522 g/mol. The number of amides is 2. The van der Waals surface area contributed by atoms with E-state index in [0.29, 0.717) is 38.3 Å². The standard InChI is InChI=1S/C26H37N4O2.Rb/c1-19(2)8-6-16-29-25(31)23(27)11-7-17-30-26(32)24(28)18-20-12-14-22(15-13-20)21-9-4-3-5-10-21;/h3-5,9-10,12-15,19,23-24,28H,6-8,11,16-18,27H2,1-2H3,(H,29,31)(H,30,32);/q-1;+1/t23-,24-;/m1./s1. The Morgan fingerprint density at radius 2 is 1.39 bits per heavy atom. The van der Waals surface area contributed by atoms with Crippen LogP contribution in [0.1, 0.15) is 45.1 Å². The second-order valence-corrected chi connectivity index (χ2v) is 8.69. The van der Waals surface area contributed by atoms with Crippen molar-refractivity contribution in [1.29, 1.82) is 0 Å². The Labute approximate surface area is 247 Å². The maximum absolute atomic E-state index is 12.2. The first-order valence-electron chi connectivity index (χ1n) is 11.5. The summed E-state index contributed by atoms with van der Waals surface area (Å²) in [5.41, 5.74) is 17.3. The molecule has 0 heterocycles. The van der Waals surface area contributed by atoms with E-state index in [9.17, 15) is 9.59 Å². The van der Waals surface area contributed by atoms with Crippen molar-refractivity contribution in [3.63, 3.8) is 0 Å². The molecule has 0 aliphatic carbocycles. The van der Waals surface area contributed by atoms with E-state index in [1.165, 1.54) is 0 Å². The van der Waals surface area contributed by atoms with Crippen LogP contribution in [0, 0.1) is 5.92 Å². The molecule has 0 fully saturated rings. The number of hydrogen-bond acceptors (Lipinski definition) is 3. The average molecular weight is 523 g/mol. The number of nitrogens with one attached hydrogen (secondary N) is 3. The molecule has 0 bridgehead atoms. The molecule has 2 amide bonds. The van der Waals surface area contributed by atoms with Gasteiger partial charge >= 0.3 is 58.2 Å². The van der Waals surface area contributed by atoms with Gasteiger partial charge in [0.1, 0.15) is 0 Å². The molecule has 174 valence electrons. The minimum absolute atomic E-state index is 0. The van der Waals surface area contributed by atoms with Gasteiger partial charge in [0.05, 0.1) is 6.04 Å². The number of rotatable bonds is 13. The van der Waals surface area contributed by atoms with Crippen LogP contribution < -0.4 is 74.6 Å². The third kappa shape index (κ3) is 11.9. The predicted octanol–water partition coefficient (Wildman–Crippen LogP) is 1.10. The van der Waals surface area contributed by atoms with Gasteiger partial charge in [-0.05, 0) is 54.7 Å². The van der Waals surface area contributed by atoms with E-state index in [1.54, 1.807) is 0 Å². The van der Waals surface area contributed by atoms with Gasteiger partial charge in [0, 0.05) is 13.1 Å². The molecular weight excluding hydrogens is 486 g/mol. The summed E-state index contributed by atoms with van der Waals surface area (Å²) >= 11 is 0. The average Bonchev–Trinajstić information content (AvgIpc) is 2.80. The molecule has 0 radical (unpaired) electrons. The molecule has 0 spiro atoms. The second-order valence-electron chi connectivity index (χ2n) is 8.69. The summed E-state index contributed by atoms with van der Waals surface area (Å²) in [6.45, 7) is 5.37. The van der Waals surface area contributed by atoms with E-state index in [1.807, 2.05) is 42.5 Å². The van der Waals surface area contributed by atoms with Gasteiger partial charge in [0.2, 0.25) is 11.8 Å². The molecule has 2 aromatic rings. The smallest absolute Gasteiger partial charge is 0.667 e. The topological polar surface area (TPSA) is 108 Å². The van der Waals surface area contributed by atoms with Gasteiger partial charge in [-0.1, -0.05) is 74.5 Å². The maximum Gasteiger partial charge on any atom is 1.00 e. The first-order valence-corrected chi connectivity index (χ1v) is 11.5. The summed E-state index contributed by atoms with van der Waals surface area (Å²) < 4.78 is 0. The Morgan fingerprint density at radius 1 is 0.848 bits per heavy atom. The van der Waals surface area contributed by atoms with Crippen LogP contribution in [0.15, 0.2) is 54.6 Å². The predicted molar refractivity (Wildman–Crippen MR) is 131 cm³/mol. The number of carbonyl (C=O) groups excluding carboxylic acids is 2. The van der Waals surface area contributed by atoms with Crippen molar-refractivity contribution in [3.05, 3.63) is 65.9 Å². The Bertz CT molecular complexity index is 828. The van der Waals surface area contributed by atoms with Gasteiger partial charge in [0.25, 0.3) is 0 Å². The first kappa shape index (κ1) is 30.1. The minimum Gasteiger partial charge on any atom is -0.667 e. The Balaban J connectivity index is 0.00000544. The van der Waals surface area contributed by atoms with Gasteiger partial charge in [-0.15, -0.1) is 0 Å². The van der Waals surface area contributed by atoms with E-state index in [-0.39, 0.29) is 70.0 Å². The zero-order valence-electron chi connectivity index (χ0n) is 20.3. The zero-order valence-corrected chi connectivity index (χ0v) is 25.2. The Kier molecular flexibility index (Phi) is 15.2. The van der Waals surface area contributed by atoms with Crippen LogP contribution in [0.5, 0.6) is 0 Å². The zero-order chi connectivity index (χ0) is 23.3. The molecule has 2 rings (SSSR count). The molecule has 33 heavy (non-hydrogen) atoms. The number of benzene rings is 2. The number of nitrogens with two attached hydrogens (primary N) is 1. The minimum atomic E-state index is -0.865. The van der Waals surface area contributed by atoms with Gasteiger partial charge in [-0.25, -0.2) is 0 Å². The van der Waals surface area contributed by atoms with E-state index in [4.69, 9.17) is 11.5 Å². The Hall–Kier alpha value is -0.895. The summed E-state index contributed by atoms with van der Waals surface area (Å²) in [4.78, 5) is 24.2. The van der Waals surface area contributed by atoms with Gasteiger partial charge in [-0.3, -0.25) is 9.59 Å². The number of carbonyl (C=O) groups is 2. The molecule has 6 nitrogen and oxygen atoms in total. The maximum atomic E-state index is 12.2. The molecule has 0 saturated heterocycles. The van der Waals surface area contributed by atoms with E-state index >= 15 is 0 Å². The van der Waals surface area contributed by atoms with Crippen LogP contribution in [0.3, 0.4) is 0 Å². The van der Waals surface area contributed by atoms with Crippen LogP contribution in [-0.2, 0) is 16.0 Å². The fourth-order valence-corrected chi connectivity index (χ4v) is 3.43. The molecule has 0 aromatic heterocycles. The second kappa shape index (κ2) is 16.7. The Morgan fingerprint density at radius 3 is 2.00 bits per heavy atom. The largest absolute Gasteiger partial charge is 1.00 e. The molecule has 0 aliphatic rings. The molecule has 2 atom stereocenters. The molecule has 5 N–H and O–H groups in total. The molecule has 2 aromatic carbocycles. The van der Waals surface area contributed by atoms with Crippen molar-refractivity contribution in [2.24, 2.45) is 11.7 Å². The van der Waals surface area contributed by atoms with Gasteiger partial charge < -0.3 is 22.1 Å². The first-order chi connectivity index (χ1) is 15.4. The van der Waals surface area contributed by atoms with E-state index in [0.717, 1.165) is 29.5 Å². The summed E-state index contributed by atoms with van der Waals surface area (Å²) in [7, 11) is 0. The summed E-state index contributed by atoms with van der Waals surface area (Å²) in [6, 6.07) is 16.6. The van der Waals surface area contributed by atoms with Gasteiger partial charge in [-0.2, -0.15) is 0 Å². The van der Waals surface area contributed by atoms with Crippen molar-refractivity contribution in [2.45, 2.75) is 58.0 Å². The number of hydrogen-bond donors (Lipinski definition) is 3. The third-order valence-electron chi connectivity index (χ3n) is 5.40. The van der Waals surface area contributed by atoms with Crippen molar-refractivity contribution < 1.29 is 67.8 Å². The van der Waals surface area contributed by atoms with E-state index in [2.05, 4.69) is 36.6 Å². The van der Waals surface area contributed by atoms with Crippen molar-refractivity contribution in [2.75, 3.05) is 13.1 Å². The van der Waals surface area contributed by atoms with Crippen LogP contribution in [0.25, 0.3) is 16.9 Å². The summed E-state index contributed by atoms with van der Waals surface area (Å²) in [5.74, 6) is 0.181. The fourth-order valence-electron chi connectivity index (χ4n) is 3.43. The molecule has 0 saturated carbocycles. The normalized spacial score (nSPS) is 12.5. The van der Waals surface area contributed by atoms with Crippen molar-refractivity contribution in [1.82, 2.24) is 10.6 Å². The van der Waals surface area contributed by atoms with Crippen LogP contribution >= 0.6 is 0 Å².